The van der Waals surface area contributed by atoms with Crippen LogP contribution in [0.3, 0.4) is 0 Å². The van der Waals surface area contributed by atoms with Crippen molar-refractivity contribution in [3.8, 4) is 11.4 Å². The van der Waals surface area contributed by atoms with E-state index >= 15 is 0 Å². The summed E-state index contributed by atoms with van der Waals surface area (Å²) in [6, 6.07) is 16.5. The summed E-state index contributed by atoms with van der Waals surface area (Å²) in [4.78, 5) is 12.3. The van der Waals surface area contributed by atoms with Gasteiger partial charge in [0, 0.05) is 28.8 Å². The molecule has 0 bridgehead atoms. The van der Waals surface area contributed by atoms with Gasteiger partial charge in [0.2, 0.25) is 0 Å². The van der Waals surface area contributed by atoms with Crippen LogP contribution in [0.1, 0.15) is 11.3 Å². The van der Waals surface area contributed by atoms with E-state index in [1.54, 1.807) is 22.9 Å². The smallest absolute Gasteiger partial charge is 0.406 e. The molecule has 1 aliphatic heterocycles. The second-order valence-corrected chi connectivity index (χ2v) is 5.90. The van der Waals surface area contributed by atoms with Crippen LogP contribution in [0.5, 0.6) is 5.75 Å². The summed E-state index contributed by atoms with van der Waals surface area (Å²) >= 11 is 0. The summed E-state index contributed by atoms with van der Waals surface area (Å²) in [5, 5.41) is 2.81. The zero-order valence-corrected chi connectivity index (χ0v) is 13.8. The monoisotopic (exact) mass is 370 g/mol. The van der Waals surface area contributed by atoms with Gasteiger partial charge < -0.3 is 14.6 Å². The molecule has 27 heavy (non-hydrogen) atoms. The lowest BCUT2D eigenvalue weighted by molar-refractivity contribution is -0.274. The highest BCUT2D eigenvalue weighted by Crippen LogP contribution is 2.33. The number of ether oxygens (including phenoxy) is 1. The summed E-state index contributed by atoms with van der Waals surface area (Å²) in [7, 11) is 0. The van der Waals surface area contributed by atoms with E-state index in [0.29, 0.717) is 11.3 Å². The highest BCUT2D eigenvalue weighted by Gasteiger charge is 2.31. The number of rotatable bonds is 3. The Balaban J connectivity index is 1.67. The third-order valence-electron chi connectivity index (χ3n) is 4.13. The average Bonchev–Trinajstić information content (AvgIpc) is 3.20. The van der Waals surface area contributed by atoms with E-state index in [0.717, 1.165) is 16.9 Å². The minimum Gasteiger partial charge on any atom is -0.406 e. The quantitative estimate of drug-likeness (QED) is 0.669. The zero-order chi connectivity index (χ0) is 19.0. The first-order chi connectivity index (χ1) is 12.9. The molecule has 0 saturated carbocycles. The largest absolute Gasteiger partial charge is 0.573 e. The summed E-state index contributed by atoms with van der Waals surface area (Å²) in [6.07, 6.45) is -1.21. The van der Waals surface area contributed by atoms with Gasteiger partial charge in [-0.1, -0.05) is 18.2 Å². The van der Waals surface area contributed by atoms with Crippen molar-refractivity contribution in [1.82, 2.24) is 4.57 Å². The van der Waals surface area contributed by atoms with E-state index in [-0.39, 0.29) is 11.7 Å². The minimum atomic E-state index is -4.73. The number of carbonyl (C=O) groups is 1. The van der Waals surface area contributed by atoms with Crippen LogP contribution in [-0.2, 0) is 4.79 Å². The van der Waals surface area contributed by atoms with E-state index in [1.807, 2.05) is 30.3 Å². The number of fused-ring (bicyclic) bond motifs is 1. The molecule has 3 aromatic rings. The van der Waals surface area contributed by atoms with Crippen molar-refractivity contribution in [2.45, 2.75) is 6.36 Å². The van der Waals surface area contributed by atoms with Crippen LogP contribution in [0.4, 0.5) is 18.9 Å². The number of nitrogens with zero attached hydrogens (tertiary/aromatic N) is 1. The summed E-state index contributed by atoms with van der Waals surface area (Å²) in [6.45, 7) is 0. The van der Waals surface area contributed by atoms with Gasteiger partial charge in [0.1, 0.15) is 5.75 Å². The average molecular weight is 370 g/mol. The lowest BCUT2D eigenvalue weighted by atomic mass is 10.1. The first-order valence-corrected chi connectivity index (χ1v) is 8.07. The van der Waals surface area contributed by atoms with Crippen LogP contribution in [0.15, 0.2) is 66.9 Å². The Hall–Kier alpha value is -3.48. The third-order valence-corrected chi connectivity index (χ3v) is 4.13. The highest BCUT2D eigenvalue weighted by molar-refractivity contribution is 6.34. The van der Waals surface area contributed by atoms with Gasteiger partial charge in [0.15, 0.2) is 0 Å². The molecule has 4 nitrogen and oxygen atoms in total. The van der Waals surface area contributed by atoms with Gasteiger partial charge in [-0.25, -0.2) is 0 Å². The number of para-hydroxylation sites is 1. The Labute approximate surface area is 152 Å². The summed E-state index contributed by atoms with van der Waals surface area (Å²) < 4.78 is 42.5. The fourth-order valence-corrected chi connectivity index (χ4v) is 2.99. The van der Waals surface area contributed by atoms with E-state index in [4.69, 9.17) is 0 Å². The van der Waals surface area contributed by atoms with Crippen molar-refractivity contribution < 1.29 is 22.7 Å². The van der Waals surface area contributed by atoms with E-state index in [2.05, 4.69) is 10.1 Å². The highest BCUT2D eigenvalue weighted by atomic mass is 19.4. The van der Waals surface area contributed by atoms with Crippen molar-refractivity contribution >= 4 is 23.2 Å². The maximum absolute atomic E-state index is 12.3. The molecular weight excluding hydrogens is 357 g/mol. The molecule has 2 aromatic carbocycles. The molecule has 4 rings (SSSR count). The molecule has 0 fully saturated rings. The maximum Gasteiger partial charge on any atom is 0.573 e. The van der Waals surface area contributed by atoms with Gasteiger partial charge in [-0.3, -0.25) is 4.79 Å². The van der Waals surface area contributed by atoms with Crippen LogP contribution in [0.25, 0.3) is 17.3 Å². The summed E-state index contributed by atoms with van der Waals surface area (Å²) in [5.74, 6) is -0.486. The van der Waals surface area contributed by atoms with Crippen molar-refractivity contribution in [3.05, 3.63) is 78.1 Å². The van der Waals surface area contributed by atoms with Gasteiger partial charge in [-0.2, -0.15) is 0 Å². The van der Waals surface area contributed by atoms with Crippen LogP contribution in [0.2, 0.25) is 0 Å². The Morgan fingerprint density at radius 2 is 1.70 bits per heavy atom. The molecule has 0 aliphatic carbocycles. The molecule has 1 aliphatic rings. The Morgan fingerprint density at radius 3 is 2.44 bits per heavy atom. The lowest BCUT2D eigenvalue weighted by Gasteiger charge is -2.11. The number of alkyl halides is 3. The number of nitrogens with one attached hydrogen (secondary N) is 1. The van der Waals surface area contributed by atoms with Gasteiger partial charge in [0.05, 0.1) is 5.57 Å². The molecular formula is C20H13F3N2O2. The molecule has 0 unspecified atom stereocenters. The lowest BCUT2D eigenvalue weighted by Crippen LogP contribution is -2.17. The number of amides is 1. The van der Waals surface area contributed by atoms with E-state index < -0.39 is 6.36 Å². The Bertz CT molecular complexity index is 1030. The Morgan fingerprint density at radius 1 is 0.963 bits per heavy atom. The molecule has 1 aromatic heterocycles. The molecule has 1 amide bonds. The van der Waals surface area contributed by atoms with Crippen LogP contribution >= 0.6 is 0 Å². The Kier molecular flexibility index (Phi) is 3.99. The molecule has 0 radical (unpaired) electrons. The molecule has 0 saturated heterocycles. The molecule has 136 valence electrons. The molecule has 7 heteroatoms. The second-order valence-electron chi connectivity index (χ2n) is 5.90. The number of hydrogen-bond donors (Lipinski definition) is 1. The molecule has 2 heterocycles. The molecule has 0 atom stereocenters. The predicted octanol–water partition coefficient (Wildman–Crippen LogP) is 4.87. The number of aromatic nitrogens is 1. The number of halogens is 3. The van der Waals surface area contributed by atoms with Crippen LogP contribution in [0, 0.1) is 0 Å². The van der Waals surface area contributed by atoms with Crippen LogP contribution < -0.4 is 10.1 Å². The van der Waals surface area contributed by atoms with Gasteiger partial charge in [0.25, 0.3) is 5.91 Å². The zero-order valence-electron chi connectivity index (χ0n) is 13.8. The van der Waals surface area contributed by atoms with E-state index in [1.165, 1.54) is 24.3 Å². The minimum absolute atomic E-state index is 0.196. The first-order valence-electron chi connectivity index (χ1n) is 8.07. The number of carbonyl (C=O) groups excluding carboxylic acids is 1. The fourth-order valence-electron chi connectivity index (χ4n) is 2.99. The second kappa shape index (κ2) is 6.35. The SMILES string of the molecule is O=C1Nc2ccccc2C1=Cc1cccn1-c1ccc(OC(F)(F)F)cc1. The van der Waals surface area contributed by atoms with Gasteiger partial charge >= 0.3 is 6.36 Å². The number of benzene rings is 2. The van der Waals surface area contributed by atoms with Crippen molar-refractivity contribution in [2.24, 2.45) is 0 Å². The maximum atomic E-state index is 12.3. The van der Waals surface area contributed by atoms with Gasteiger partial charge in [-0.15, -0.1) is 13.2 Å². The predicted molar refractivity (Wildman–Crippen MR) is 95.4 cm³/mol. The van der Waals surface area contributed by atoms with Crippen LogP contribution in [-0.4, -0.2) is 16.8 Å². The van der Waals surface area contributed by atoms with Crippen molar-refractivity contribution in [3.63, 3.8) is 0 Å². The fraction of sp³-hybridized carbons (Fsp3) is 0.0500. The number of anilines is 1. The topological polar surface area (TPSA) is 43.3 Å². The van der Waals surface area contributed by atoms with Crippen molar-refractivity contribution in [1.29, 1.82) is 0 Å². The standard InChI is InChI=1S/C20H13F3N2O2/c21-20(22,23)27-15-9-7-13(8-10-15)25-11-3-4-14(25)12-17-16-5-1-2-6-18(16)24-19(17)26/h1-12H,(H,24,26). The van der Waals surface area contributed by atoms with Crippen molar-refractivity contribution in [2.75, 3.05) is 5.32 Å². The summed E-state index contributed by atoms with van der Waals surface area (Å²) in [5.41, 5.74) is 3.46. The van der Waals surface area contributed by atoms with Gasteiger partial charge in [-0.05, 0) is 48.5 Å². The third kappa shape index (κ3) is 3.44. The van der Waals surface area contributed by atoms with E-state index in [9.17, 15) is 18.0 Å². The molecule has 0 spiro atoms. The normalized spacial score (nSPS) is 14.9. The first kappa shape index (κ1) is 17.0. The number of hydrogen-bond acceptors (Lipinski definition) is 2. The molecule has 1 N–H and O–H groups in total.